The van der Waals surface area contributed by atoms with Crippen LogP contribution in [0.15, 0.2) is 42.5 Å². The number of hydrogen-bond acceptors (Lipinski definition) is 3. The molecule has 0 radical (unpaired) electrons. The van der Waals surface area contributed by atoms with E-state index in [-0.39, 0.29) is 16.1 Å². The molecule has 1 aliphatic heterocycles. The lowest BCUT2D eigenvalue weighted by molar-refractivity contribution is -0.133. The monoisotopic (exact) mass is 319 g/mol. The van der Waals surface area contributed by atoms with E-state index in [9.17, 15) is 19.1 Å². The molecular weight excluding hydrogens is 309 g/mol. The van der Waals surface area contributed by atoms with Crippen molar-refractivity contribution in [3.05, 3.63) is 64.4 Å². The smallest absolute Gasteiger partial charge is 0.261 e. The third-order valence-corrected chi connectivity index (χ3v) is 3.97. The summed E-state index contributed by atoms with van der Waals surface area (Å²) in [4.78, 5) is 24.4. The van der Waals surface area contributed by atoms with Crippen molar-refractivity contribution in [2.24, 2.45) is 0 Å². The number of fused-ring (bicyclic) bond motifs is 1. The predicted octanol–water partition coefficient (Wildman–Crippen LogP) is 2.89. The van der Waals surface area contributed by atoms with E-state index in [2.05, 4.69) is 5.32 Å². The highest BCUT2D eigenvalue weighted by molar-refractivity contribution is 6.34. The first-order chi connectivity index (χ1) is 10.4. The molecule has 0 fully saturated rings. The van der Waals surface area contributed by atoms with Gasteiger partial charge in [0.15, 0.2) is 11.4 Å². The Morgan fingerprint density at radius 3 is 2.73 bits per heavy atom. The summed E-state index contributed by atoms with van der Waals surface area (Å²) in [7, 11) is 0. The lowest BCUT2D eigenvalue weighted by Crippen LogP contribution is -2.36. The number of Topliss-reactive ketones (excluding diaryl/α,β-unsaturated/α-hetero) is 1. The van der Waals surface area contributed by atoms with E-state index < -0.39 is 29.5 Å². The summed E-state index contributed by atoms with van der Waals surface area (Å²) in [6, 6.07) is 9.91. The summed E-state index contributed by atoms with van der Waals surface area (Å²) in [5.41, 5.74) is -1.55. The normalized spacial score (nSPS) is 19.7. The highest BCUT2D eigenvalue weighted by Gasteiger charge is 2.47. The fraction of sp³-hybridized carbons (Fsp3) is 0.125. The molecule has 0 spiro atoms. The van der Waals surface area contributed by atoms with Gasteiger partial charge >= 0.3 is 0 Å². The van der Waals surface area contributed by atoms with Crippen LogP contribution in [0.2, 0.25) is 5.02 Å². The Morgan fingerprint density at radius 2 is 2.00 bits per heavy atom. The van der Waals surface area contributed by atoms with E-state index in [4.69, 9.17) is 11.6 Å². The molecule has 2 N–H and O–H groups in total. The molecule has 3 rings (SSSR count). The van der Waals surface area contributed by atoms with Crippen molar-refractivity contribution < 1.29 is 19.1 Å². The van der Waals surface area contributed by atoms with Crippen LogP contribution in [0.25, 0.3) is 0 Å². The van der Waals surface area contributed by atoms with Crippen molar-refractivity contribution in [3.63, 3.8) is 0 Å². The molecule has 0 bridgehead atoms. The molecule has 6 heteroatoms. The highest BCUT2D eigenvalue weighted by atomic mass is 35.5. The van der Waals surface area contributed by atoms with Crippen LogP contribution in [0, 0.1) is 5.82 Å². The largest absolute Gasteiger partial charge is 0.375 e. The minimum absolute atomic E-state index is 0.0536. The van der Waals surface area contributed by atoms with Crippen molar-refractivity contribution in [1.82, 2.24) is 0 Å². The van der Waals surface area contributed by atoms with Crippen molar-refractivity contribution in [2.45, 2.75) is 12.0 Å². The Balaban J connectivity index is 1.98. The number of carbonyl (C=O) groups excluding carboxylic acids is 2. The number of amides is 1. The zero-order chi connectivity index (χ0) is 15.9. The van der Waals surface area contributed by atoms with Crippen molar-refractivity contribution in [2.75, 3.05) is 5.32 Å². The van der Waals surface area contributed by atoms with Crippen LogP contribution in [0.1, 0.15) is 22.3 Å². The summed E-state index contributed by atoms with van der Waals surface area (Å²) in [5, 5.41) is 13.3. The van der Waals surface area contributed by atoms with Crippen LogP contribution >= 0.6 is 11.6 Å². The fourth-order valence-electron chi connectivity index (χ4n) is 2.51. The van der Waals surface area contributed by atoms with Gasteiger partial charge < -0.3 is 10.4 Å². The number of aliphatic hydroxyl groups is 1. The Morgan fingerprint density at radius 1 is 1.27 bits per heavy atom. The Labute approximate surface area is 130 Å². The minimum Gasteiger partial charge on any atom is -0.375 e. The lowest BCUT2D eigenvalue weighted by atomic mass is 9.88. The van der Waals surface area contributed by atoms with E-state index >= 15 is 0 Å². The van der Waals surface area contributed by atoms with Gasteiger partial charge in [0.05, 0.1) is 11.4 Å². The fourth-order valence-corrected chi connectivity index (χ4v) is 2.75. The van der Waals surface area contributed by atoms with Gasteiger partial charge in [-0.15, -0.1) is 0 Å². The van der Waals surface area contributed by atoms with Gasteiger partial charge in [-0.1, -0.05) is 23.7 Å². The molecular formula is C16H11ClFNO3. The number of anilines is 1. The van der Waals surface area contributed by atoms with Crippen molar-refractivity contribution in [3.8, 4) is 0 Å². The molecule has 2 aromatic carbocycles. The molecule has 1 amide bonds. The number of carbonyl (C=O) groups is 2. The molecule has 0 saturated carbocycles. The molecule has 0 aromatic heterocycles. The van der Waals surface area contributed by atoms with Crippen LogP contribution in [0.5, 0.6) is 0 Å². The van der Waals surface area contributed by atoms with E-state index in [1.165, 1.54) is 18.2 Å². The first kappa shape index (κ1) is 14.7. The SMILES string of the molecule is O=C(CC1(O)C(=O)Nc2ccc(F)cc21)c1ccccc1Cl. The number of hydrogen-bond donors (Lipinski definition) is 2. The van der Waals surface area contributed by atoms with E-state index in [1.807, 2.05) is 0 Å². The van der Waals surface area contributed by atoms with Gasteiger partial charge in [-0.2, -0.15) is 0 Å². The first-order valence-electron chi connectivity index (χ1n) is 6.53. The second-order valence-electron chi connectivity index (χ2n) is 5.08. The zero-order valence-electron chi connectivity index (χ0n) is 11.3. The van der Waals surface area contributed by atoms with Gasteiger partial charge in [0, 0.05) is 16.8 Å². The average molecular weight is 320 g/mol. The van der Waals surface area contributed by atoms with E-state index in [1.54, 1.807) is 18.2 Å². The maximum absolute atomic E-state index is 13.4. The van der Waals surface area contributed by atoms with Crippen LogP contribution < -0.4 is 5.32 Å². The molecule has 1 aliphatic rings. The van der Waals surface area contributed by atoms with E-state index in [0.29, 0.717) is 5.69 Å². The summed E-state index contributed by atoms with van der Waals surface area (Å²) < 4.78 is 13.4. The van der Waals surface area contributed by atoms with Crippen LogP contribution in [-0.2, 0) is 10.4 Å². The maximum Gasteiger partial charge on any atom is 0.261 e. The average Bonchev–Trinajstić information content (AvgIpc) is 2.71. The molecule has 0 aliphatic carbocycles. The summed E-state index contributed by atoms with van der Waals surface area (Å²) in [5.74, 6) is -1.85. The Bertz CT molecular complexity index is 793. The second kappa shape index (κ2) is 5.19. The molecule has 0 saturated heterocycles. The molecule has 4 nitrogen and oxygen atoms in total. The molecule has 112 valence electrons. The van der Waals surface area contributed by atoms with Crippen molar-refractivity contribution in [1.29, 1.82) is 0 Å². The van der Waals surface area contributed by atoms with Gasteiger partial charge in [-0.05, 0) is 30.3 Å². The standard InChI is InChI=1S/C16H11ClFNO3/c17-12-4-2-1-3-10(12)14(20)8-16(22)11-7-9(18)5-6-13(11)19-15(16)21/h1-7,22H,8H2,(H,19,21). The molecule has 1 atom stereocenters. The third-order valence-electron chi connectivity index (χ3n) is 3.64. The van der Waals surface area contributed by atoms with Gasteiger partial charge in [0.1, 0.15) is 5.82 Å². The Kier molecular flexibility index (Phi) is 3.47. The van der Waals surface area contributed by atoms with Crippen LogP contribution in [-0.4, -0.2) is 16.8 Å². The molecule has 1 heterocycles. The van der Waals surface area contributed by atoms with E-state index in [0.717, 1.165) is 6.07 Å². The maximum atomic E-state index is 13.4. The lowest BCUT2D eigenvalue weighted by Gasteiger charge is -2.20. The Hall–Kier alpha value is -2.24. The minimum atomic E-state index is -2.10. The molecule has 1 unspecified atom stereocenters. The van der Waals surface area contributed by atoms with Gasteiger partial charge in [-0.3, -0.25) is 9.59 Å². The number of nitrogens with one attached hydrogen (secondary N) is 1. The first-order valence-corrected chi connectivity index (χ1v) is 6.91. The summed E-state index contributed by atoms with van der Waals surface area (Å²) >= 11 is 5.95. The summed E-state index contributed by atoms with van der Waals surface area (Å²) in [6.07, 6.45) is -0.515. The number of rotatable bonds is 3. The molecule has 22 heavy (non-hydrogen) atoms. The number of ketones is 1. The van der Waals surface area contributed by atoms with Crippen LogP contribution in [0.4, 0.5) is 10.1 Å². The predicted molar refractivity (Wildman–Crippen MR) is 79.3 cm³/mol. The third kappa shape index (κ3) is 2.28. The van der Waals surface area contributed by atoms with Gasteiger partial charge in [0.25, 0.3) is 5.91 Å². The van der Waals surface area contributed by atoms with Crippen molar-refractivity contribution >= 4 is 29.0 Å². The molecule has 2 aromatic rings. The number of halogens is 2. The van der Waals surface area contributed by atoms with Gasteiger partial charge in [0.2, 0.25) is 0 Å². The topological polar surface area (TPSA) is 66.4 Å². The van der Waals surface area contributed by atoms with Gasteiger partial charge in [-0.25, -0.2) is 4.39 Å². The quantitative estimate of drug-likeness (QED) is 0.855. The highest BCUT2D eigenvalue weighted by Crippen LogP contribution is 2.39. The van der Waals surface area contributed by atoms with Crippen LogP contribution in [0.3, 0.4) is 0 Å². The summed E-state index contributed by atoms with van der Waals surface area (Å²) in [6.45, 7) is 0. The zero-order valence-corrected chi connectivity index (χ0v) is 12.0. The second-order valence-corrected chi connectivity index (χ2v) is 5.49. The number of benzene rings is 2.